The van der Waals surface area contributed by atoms with Gasteiger partial charge in [0.05, 0.1) is 17.8 Å². The first-order valence-electron chi connectivity index (χ1n) is 7.73. The average molecular weight is 388 g/mol. The van der Waals surface area contributed by atoms with Crippen molar-refractivity contribution in [2.45, 2.75) is 44.4 Å². The Kier molecular flexibility index (Phi) is 5.39. The highest BCUT2D eigenvalue weighted by atomic mass is 79.9. The molecule has 1 N–H and O–H groups in total. The van der Waals surface area contributed by atoms with Gasteiger partial charge in [-0.3, -0.25) is 0 Å². The monoisotopic (exact) mass is 386 g/mol. The van der Waals surface area contributed by atoms with E-state index in [1.165, 1.54) is 0 Å². The number of alkyl halides is 1. The van der Waals surface area contributed by atoms with Gasteiger partial charge in [-0.1, -0.05) is 27.5 Å². The van der Waals surface area contributed by atoms with Gasteiger partial charge >= 0.3 is 0 Å². The zero-order chi connectivity index (χ0) is 15.5. The molecular weight excluding hydrogens is 368 g/mol. The second-order valence-electron chi connectivity index (χ2n) is 5.69. The van der Waals surface area contributed by atoms with Crippen molar-refractivity contribution >= 4 is 38.4 Å². The van der Waals surface area contributed by atoms with Gasteiger partial charge in [0, 0.05) is 22.3 Å². The quantitative estimate of drug-likeness (QED) is 0.763. The molecule has 2 heterocycles. The van der Waals surface area contributed by atoms with Crippen LogP contribution < -0.4 is 0 Å². The first kappa shape index (κ1) is 16.2. The number of rotatable bonds is 5. The highest BCUT2D eigenvalue weighted by Crippen LogP contribution is 2.33. The molecule has 1 aromatic heterocycles. The van der Waals surface area contributed by atoms with E-state index in [0.717, 1.165) is 54.1 Å². The topological polar surface area (TPSA) is 47.3 Å². The SMILES string of the molecule is OC(CCCBr)c1cc2cnn(C3CCCCO3)c2cc1Cl. The highest BCUT2D eigenvalue weighted by molar-refractivity contribution is 9.09. The molecule has 2 atom stereocenters. The Labute approximate surface area is 143 Å². The minimum atomic E-state index is -0.538. The summed E-state index contributed by atoms with van der Waals surface area (Å²) in [5.41, 5.74) is 1.74. The van der Waals surface area contributed by atoms with E-state index >= 15 is 0 Å². The summed E-state index contributed by atoms with van der Waals surface area (Å²) in [6.07, 6.45) is 6.12. The number of benzene rings is 1. The summed E-state index contributed by atoms with van der Waals surface area (Å²) in [5, 5.41) is 17.2. The number of aromatic nitrogens is 2. The van der Waals surface area contributed by atoms with E-state index in [0.29, 0.717) is 11.4 Å². The average Bonchev–Trinajstić information content (AvgIpc) is 2.95. The minimum Gasteiger partial charge on any atom is -0.388 e. The van der Waals surface area contributed by atoms with E-state index in [9.17, 15) is 5.11 Å². The summed E-state index contributed by atoms with van der Waals surface area (Å²) in [5.74, 6) is 0. The van der Waals surface area contributed by atoms with Crippen LogP contribution in [0.5, 0.6) is 0 Å². The largest absolute Gasteiger partial charge is 0.388 e. The Morgan fingerprint density at radius 2 is 2.32 bits per heavy atom. The summed E-state index contributed by atoms with van der Waals surface area (Å²) in [6, 6.07) is 3.84. The smallest absolute Gasteiger partial charge is 0.150 e. The fourth-order valence-corrected chi connectivity index (χ4v) is 3.52. The molecule has 1 aliphatic heterocycles. The molecule has 120 valence electrons. The van der Waals surface area contributed by atoms with Crippen LogP contribution in [0.25, 0.3) is 10.9 Å². The van der Waals surface area contributed by atoms with Crippen LogP contribution >= 0.6 is 27.5 Å². The highest BCUT2D eigenvalue weighted by Gasteiger charge is 2.20. The molecule has 22 heavy (non-hydrogen) atoms. The number of hydrogen-bond donors (Lipinski definition) is 1. The molecule has 0 bridgehead atoms. The van der Waals surface area contributed by atoms with Crippen molar-refractivity contribution in [2.75, 3.05) is 11.9 Å². The number of ether oxygens (including phenoxy) is 1. The van der Waals surface area contributed by atoms with E-state index in [-0.39, 0.29) is 6.23 Å². The van der Waals surface area contributed by atoms with Crippen LogP contribution in [0.2, 0.25) is 5.02 Å². The fraction of sp³-hybridized carbons (Fsp3) is 0.562. The van der Waals surface area contributed by atoms with Crippen molar-refractivity contribution in [3.05, 3.63) is 28.9 Å². The molecule has 0 aliphatic carbocycles. The fourth-order valence-electron chi connectivity index (χ4n) is 2.91. The number of aliphatic hydroxyl groups is 1. The lowest BCUT2D eigenvalue weighted by molar-refractivity contribution is -0.0366. The Bertz CT molecular complexity index is 640. The van der Waals surface area contributed by atoms with E-state index in [1.54, 1.807) is 0 Å². The summed E-state index contributed by atoms with van der Waals surface area (Å²) in [7, 11) is 0. The number of nitrogens with zero attached hydrogens (tertiary/aromatic N) is 2. The number of fused-ring (bicyclic) bond motifs is 1. The summed E-state index contributed by atoms with van der Waals surface area (Å²) < 4.78 is 7.72. The molecule has 3 rings (SSSR count). The maximum absolute atomic E-state index is 10.3. The van der Waals surface area contributed by atoms with Gasteiger partial charge in [-0.25, -0.2) is 4.68 Å². The molecule has 0 spiro atoms. The standard InChI is InChI=1S/C16H20BrClN2O2/c17-6-3-4-15(21)12-8-11-10-19-20(14(11)9-13(12)18)16-5-1-2-7-22-16/h8-10,15-16,21H,1-7H2. The second kappa shape index (κ2) is 7.30. The van der Waals surface area contributed by atoms with E-state index in [1.807, 2.05) is 23.0 Å². The number of aliphatic hydroxyl groups excluding tert-OH is 1. The van der Waals surface area contributed by atoms with Crippen molar-refractivity contribution in [1.82, 2.24) is 9.78 Å². The summed E-state index contributed by atoms with van der Waals surface area (Å²) in [6.45, 7) is 0.781. The minimum absolute atomic E-state index is 0.00788. The maximum Gasteiger partial charge on any atom is 0.150 e. The normalized spacial score (nSPS) is 20.4. The van der Waals surface area contributed by atoms with Gasteiger partial charge in [0.25, 0.3) is 0 Å². The predicted molar refractivity (Wildman–Crippen MR) is 91.6 cm³/mol. The third-order valence-electron chi connectivity index (χ3n) is 4.11. The van der Waals surface area contributed by atoms with Crippen LogP contribution in [0, 0.1) is 0 Å². The lowest BCUT2D eigenvalue weighted by Gasteiger charge is -2.23. The predicted octanol–water partition coefficient (Wildman–Crippen LogP) is 4.60. The van der Waals surface area contributed by atoms with Crippen LogP contribution in [0.15, 0.2) is 18.3 Å². The Morgan fingerprint density at radius 3 is 3.05 bits per heavy atom. The van der Waals surface area contributed by atoms with Gasteiger partial charge in [-0.2, -0.15) is 5.10 Å². The second-order valence-corrected chi connectivity index (χ2v) is 6.89. The molecule has 1 fully saturated rings. The molecule has 2 aromatic rings. The molecule has 1 aromatic carbocycles. The zero-order valence-electron chi connectivity index (χ0n) is 12.3. The third-order valence-corrected chi connectivity index (χ3v) is 5.00. The van der Waals surface area contributed by atoms with Gasteiger partial charge in [-0.05, 0) is 49.8 Å². The summed E-state index contributed by atoms with van der Waals surface area (Å²) >= 11 is 9.78. The van der Waals surface area contributed by atoms with Crippen LogP contribution in [0.3, 0.4) is 0 Å². The van der Waals surface area contributed by atoms with E-state index in [2.05, 4.69) is 21.0 Å². The zero-order valence-corrected chi connectivity index (χ0v) is 14.7. The van der Waals surface area contributed by atoms with Gasteiger partial charge in [0.15, 0.2) is 6.23 Å². The van der Waals surface area contributed by atoms with Crippen molar-refractivity contribution in [3.63, 3.8) is 0 Å². The number of hydrogen-bond acceptors (Lipinski definition) is 3. The van der Waals surface area contributed by atoms with Crippen molar-refractivity contribution in [3.8, 4) is 0 Å². The molecule has 0 radical (unpaired) electrons. The van der Waals surface area contributed by atoms with Crippen molar-refractivity contribution < 1.29 is 9.84 Å². The lowest BCUT2D eigenvalue weighted by Crippen LogP contribution is -2.18. The molecule has 1 aliphatic rings. The molecule has 6 heteroatoms. The Balaban J connectivity index is 1.91. The van der Waals surface area contributed by atoms with Gasteiger partial charge in [0.2, 0.25) is 0 Å². The van der Waals surface area contributed by atoms with E-state index < -0.39 is 6.10 Å². The molecule has 1 saturated heterocycles. The Hall–Kier alpha value is -0.620. The first-order valence-corrected chi connectivity index (χ1v) is 9.23. The van der Waals surface area contributed by atoms with E-state index in [4.69, 9.17) is 16.3 Å². The van der Waals surface area contributed by atoms with Crippen LogP contribution in [0.1, 0.15) is 50.0 Å². The number of halogens is 2. The first-order chi connectivity index (χ1) is 10.7. The third kappa shape index (κ3) is 3.32. The molecule has 2 unspecified atom stereocenters. The summed E-state index contributed by atoms with van der Waals surface area (Å²) in [4.78, 5) is 0. The van der Waals surface area contributed by atoms with Crippen molar-refractivity contribution in [2.24, 2.45) is 0 Å². The molecular formula is C16H20BrClN2O2. The van der Waals surface area contributed by atoms with Gasteiger partial charge in [-0.15, -0.1) is 0 Å². The Morgan fingerprint density at radius 1 is 1.45 bits per heavy atom. The van der Waals surface area contributed by atoms with Gasteiger partial charge in [0.1, 0.15) is 0 Å². The van der Waals surface area contributed by atoms with Crippen LogP contribution in [0.4, 0.5) is 0 Å². The van der Waals surface area contributed by atoms with Crippen LogP contribution in [-0.4, -0.2) is 26.8 Å². The molecule has 0 amide bonds. The van der Waals surface area contributed by atoms with Crippen molar-refractivity contribution in [1.29, 1.82) is 0 Å². The molecule has 0 saturated carbocycles. The molecule has 4 nitrogen and oxygen atoms in total. The van der Waals surface area contributed by atoms with Gasteiger partial charge < -0.3 is 9.84 Å². The maximum atomic E-state index is 10.3. The lowest BCUT2D eigenvalue weighted by atomic mass is 10.0. The van der Waals surface area contributed by atoms with Crippen LogP contribution in [-0.2, 0) is 4.74 Å².